The van der Waals surface area contributed by atoms with Gasteiger partial charge in [-0.3, -0.25) is 14.7 Å². The number of anilines is 3. The maximum atomic E-state index is 13.0. The van der Waals surface area contributed by atoms with Gasteiger partial charge in [-0.05, 0) is 50.1 Å². The summed E-state index contributed by atoms with van der Waals surface area (Å²) in [5, 5.41) is 9.04. The predicted octanol–water partition coefficient (Wildman–Crippen LogP) is 3.28. The second kappa shape index (κ2) is 9.78. The van der Waals surface area contributed by atoms with Gasteiger partial charge in [-0.15, -0.1) is 0 Å². The third kappa shape index (κ3) is 5.25. The molecular weight excluding hydrogens is 430 g/mol. The fourth-order valence-electron chi connectivity index (χ4n) is 3.62. The van der Waals surface area contributed by atoms with Crippen molar-refractivity contribution in [1.29, 1.82) is 0 Å². The first-order chi connectivity index (χ1) is 16.3. The predicted molar refractivity (Wildman–Crippen MR) is 135 cm³/mol. The van der Waals surface area contributed by atoms with Crippen molar-refractivity contribution < 1.29 is 4.79 Å². The van der Waals surface area contributed by atoms with Gasteiger partial charge < -0.3 is 15.5 Å². The Hall–Kier alpha value is -4.14. The number of H-pyrrole nitrogens is 1. The van der Waals surface area contributed by atoms with E-state index in [-0.39, 0.29) is 24.3 Å². The van der Waals surface area contributed by atoms with E-state index in [0.29, 0.717) is 29.5 Å². The third-order valence-corrected chi connectivity index (χ3v) is 5.65. The summed E-state index contributed by atoms with van der Waals surface area (Å²) in [6.07, 6.45) is 0.458. The van der Waals surface area contributed by atoms with Crippen molar-refractivity contribution in [3.05, 3.63) is 81.3 Å². The molecule has 0 spiro atoms. The van der Waals surface area contributed by atoms with Crippen molar-refractivity contribution in [2.24, 2.45) is 0 Å². The Bertz CT molecular complexity index is 1350. The van der Waals surface area contributed by atoms with Crippen molar-refractivity contribution in [3.8, 4) is 0 Å². The zero-order valence-electron chi connectivity index (χ0n) is 19.8. The number of carbonyl (C=O) groups excluding carboxylic acids is 1. The van der Waals surface area contributed by atoms with E-state index in [2.05, 4.69) is 25.7 Å². The van der Waals surface area contributed by atoms with E-state index in [4.69, 9.17) is 0 Å². The van der Waals surface area contributed by atoms with Crippen LogP contribution in [0, 0.1) is 13.8 Å². The summed E-state index contributed by atoms with van der Waals surface area (Å²) < 4.78 is 1.32. The highest BCUT2D eigenvalue weighted by atomic mass is 16.1. The quantitative estimate of drug-likeness (QED) is 0.373. The lowest BCUT2D eigenvalue weighted by molar-refractivity contribution is -0.116. The SMILES string of the molecule is Cc1ccc(CNc2nc3nc(C)c(CCC(=O)Nc4ccc(N(C)C)cc4)c(=O)n3[nH]2)cc1. The van der Waals surface area contributed by atoms with Gasteiger partial charge >= 0.3 is 0 Å². The van der Waals surface area contributed by atoms with Crippen LogP contribution in [0.15, 0.2) is 53.3 Å². The largest absolute Gasteiger partial charge is 0.378 e. The molecule has 0 aliphatic rings. The van der Waals surface area contributed by atoms with Crippen LogP contribution >= 0.6 is 0 Å². The summed E-state index contributed by atoms with van der Waals surface area (Å²) in [5.74, 6) is 0.593. The Morgan fingerprint density at radius 3 is 2.41 bits per heavy atom. The number of rotatable bonds is 8. The number of nitrogens with one attached hydrogen (secondary N) is 3. The summed E-state index contributed by atoms with van der Waals surface area (Å²) >= 11 is 0. The number of fused-ring (bicyclic) bond motifs is 1. The fourth-order valence-corrected chi connectivity index (χ4v) is 3.62. The molecule has 0 atom stereocenters. The molecule has 1 amide bonds. The number of hydrogen-bond donors (Lipinski definition) is 3. The monoisotopic (exact) mass is 459 g/mol. The van der Waals surface area contributed by atoms with Gasteiger partial charge in [0.2, 0.25) is 11.9 Å². The number of carbonyl (C=O) groups is 1. The summed E-state index contributed by atoms with van der Waals surface area (Å²) in [6, 6.07) is 15.8. The molecule has 0 saturated carbocycles. The first-order valence-corrected chi connectivity index (χ1v) is 11.1. The number of nitrogens with zero attached hydrogens (tertiary/aromatic N) is 4. The second-order valence-corrected chi connectivity index (χ2v) is 8.52. The molecule has 9 heteroatoms. The lowest BCUT2D eigenvalue weighted by Gasteiger charge is -2.13. The molecule has 0 saturated heterocycles. The molecule has 176 valence electrons. The molecule has 0 aliphatic carbocycles. The Kier molecular flexibility index (Phi) is 6.62. The molecule has 0 unspecified atom stereocenters. The molecule has 3 N–H and O–H groups in total. The topological polar surface area (TPSA) is 107 Å². The zero-order chi connectivity index (χ0) is 24.2. The highest BCUT2D eigenvalue weighted by Gasteiger charge is 2.15. The molecule has 2 aromatic heterocycles. The maximum absolute atomic E-state index is 13.0. The van der Waals surface area contributed by atoms with Gasteiger partial charge in [-0.2, -0.15) is 9.50 Å². The van der Waals surface area contributed by atoms with Crippen molar-refractivity contribution in [2.45, 2.75) is 33.2 Å². The fraction of sp³-hybridized carbons (Fsp3) is 0.280. The Morgan fingerprint density at radius 1 is 1.03 bits per heavy atom. The summed E-state index contributed by atoms with van der Waals surface area (Å²) in [6.45, 7) is 4.37. The highest BCUT2D eigenvalue weighted by molar-refractivity contribution is 5.91. The average Bonchev–Trinajstić information content (AvgIpc) is 3.22. The van der Waals surface area contributed by atoms with E-state index in [1.165, 1.54) is 10.1 Å². The number of aromatic amines is 1. The number of aromatic nitrogens is 4. The van der Waals surface area contributed by atoms with E-state index in [0.717, 1.165) is 16.9 Å². The standard InChI is InChI=1S/C25H29N7O2/c1-16-5-7-18(8-6-16)15-26-24-29-25-27-17(2)21(23(34)32(25)30-24)13-14-22(33)28-19-9-11-20(12-10-19)31(3)4/h5-12H,13-15H2,1-4H3,(H,28,33)(H2,26,27,29,30). The first-order valence-electron chi connectivity index (χ1n) is 11.1. The molecule has 34 heavy (non-hydrogen) atoms. The minimum absolute atomic E-state index is 0.161. The maximum Gasteiger partial charge on any atom is 0.277 e. The normalized spacial score (nSPS) is 10.9. The van der Waals surface area contributed by atoms with Crippen molar-refractivity contribution in [2.75, 3.05) is 29.6 Å². The van der Waals surface area contributed by atoms with Crippen LogP contribution in [-0.4, -0.2) is 39.6 Å². The van der Waals surface area contributed by atoms with Crippen LogP contribution in [0.1, 0.15) is 28.8 Å². The third-order valence-electron chi connectivity index (χ3n) is 5.65. The molecule has 2 heterocycles. The van der Waals surface area contributed by atoms with Crippen molar-refractivity contribution >= 4 is 29.0 Å². The van der Waals surface area contributed by atoms with Gasteiger partial charge in [0.1, 0.15) is 0 Å². The average molecular weight is 460 g/mol. The zero-order valence-corrected chi connectivity index (χ0v) is 19.8. The Morgan fingerprint density at radius 2 is 1.74 bits per heavy atom. The lowest BCUT2D eigenvalue weighted by Crippen LogP contribution is -2.23. The van der Waals surface area contributed by atoms with E-state index < -0.39 is 0 Å². The van der Waals surface area contributed by atoms with Gasteiger partial charge in [-0.1, -0.05) is 29.8 Å². The summed E-state index contributed by atoms with van der Waals surface area (Å²) in [5.41, 5.74) is 4.88. The van der Waals surface area contributed by atoms with Crippen LogP contribution < -0.4 is 21.1 Å². The minimum Gasteiger partial charge on any atom is -0.378 e. The molecule has 0 radical (unpaired) electrons. The van der Waals surface area contributed by atoms with E-state index in [9.17, 15) is 9.59 Å². The molecule has 4 aromatic rings. The Balaban J connectivity index is 1.42. The van der Waals surface area contributed by atoms with Crippen molar-refractivity contribution in [1.82, 2.24) is 19.6 Å². The number of aryl methyl sites for hydroxylation is 2. The van der Waals surface area contributed by atoms with E-state index in [1.54, 1.807) is 6.92 Å². The van der Waals surface area contributed by atoms with Crippen LogP contribution in [0.3, 0.4) is 0 Å². The molecule has 0 fully saturated rings. The smallest absolute Gasteiger partial charge is 0.277 e. The highest BCUT2D eigenvalue weighted by Crippen LogP contribution is 2.16. The number of amides is 1. The lowest BCUT2D eigenvalue weighted by atomic mass is 10.1. The first kappa shape index (κ1) is 23.0. The van der Waals surface area contributed by atoms with Gasteiger partial charge in [0.15, 0.2) is 0 Å². The van der Waals surface area contributed by atoms with Crippen LogP contribution in [0.5, 0.6) is 0 Å². The molecule has 0 aliphatic heterocycles. The summed E-state index contributed by atoms with van der Waals surface area (Å²) in [7, 11) is 3.92. The number of hydrogen-bond acceptors (Lipinski definition) is 6. The summed E-state index contributed by atoms with van der Waals surface area (Å²) in [4.78, 5) is 36.3. The van der Waals surface area contributed by atoms with Crippen molar-refractivity contribution in [3.63, 3.8) is 0 Å². The molecule has 0 bridgehead atoms. The molecule has 9 nitrogen and oxygen atoms in total. The van der Waals surface area contributed by atoms with Gasteiger partial charge in [0, 0.05) is 44.0 Å². The molecule has 2 aromatic carbocycles. The van der Waals surface area contributed by atoms with E-state index >= 15 is 0 Å². The second-order valence-electron chi connectivity index (χ2n) is 8.52. The molecular formula is C25H29N7O2. The van der Waals surface area contributed by atoms with Gasteiger partial charge in [0.25, 0.3) is 11.3 Å². The van der Waals surface area contributed by atoms with Gasteiger partial charge in [0.05, 0.1) is 5.69 Å². The Labute approximate surface area is 197 Å². The molecule has 4 rings (SSSR count). The number of benzene rings is 2. The van der Waals surface area contributed by atoms with Gasteiger partial charge in [-0.25, -0.2) is 4.98 Å². The minimum atomic E-state index is -0.249. The van der Waals surface area contributed by atoms with Crippen LogP contribution in [0.2, 0.25) is 0 Å². The van der Waals surface area contributed by atoms with Crippen LogP contribution in [0.25, 0.3) is 5.78 Å². The van der Waals surface area contributed by atoms with Crippen LogP contribution in [0.4, 0.5) is 17.3 Å². The van der Waals surface area contributed by atoms with E-state index in [1.807, 2.05) is 74.4 Å². The van der Waals surface area contributed by atoms with Crippen LogP contribution in [-0.2, 0) is 17.8 Å².